The van der Waals surface area contributed by atoms with Crippen molar-refractivity contribution >= 4 is 11.5 Å². The molecule has 0 bridgehead atoms. The van der Waals surface area contributed by atoms with E-state index < -0.39 is 0 Å². The summed E-state index contributed by atoms with van der Waals surface area (Å²) in [5, 5.41) is 11.0. The van der Waals surface area contributed by atoms with Crippen LogP contribution in [-0.4, -0.2) is 15.7 Å². The van der Waals surface area contributed by atoms with Crippen molar-refractivity contribution < 1.29 is 9.72 Å². The quantitative estimate of drug-likeness (QED) is 0.595. The first-order chi connectivity index (χ1) is 8.38. The molecule has 0 saturated carbocycles. The lowest BCUT2D eigenvalue weighted by Crippen LogP contribution is -2.14. The van der Waals surface area contributed by atoms with E-state index in [1.165, 1.54) is 6.20 Å². The molecule has 18 heavy (non-hydrogen) atoms. The predicted octanol–water partition coefficient (Wildman–Crippen LogP) is 2.76. The lowest BCUT2D eigenvalue weighted by molar-refractivity contribution is -0.386. The lowest BCUT2D eigenvalue weighted by atomic mass is 9.95. The first-order valence-corrected chi connectivity index (χ1v) is 6.00. The van der Waals surface area contributed by atoms with Crippen molar-refractivity contribution in [3.63, 3.8) is 0 Å². The van der Waals surface area contributed by atoms with Crippen molar-refractivity contribution in [2.75, 3.05) is 0 Å². The monoisotopic (exact) mass is 250 g/mol. The van der Waals surface area contributed by atoms with Gasteiger partial charge in [0.2, 0.25) is 0 Å². The number of pyridine rings is 1. The van der Waals surface area contributed by atoms with Crippen LogP contribution in [0.15, 0.2) is 6.20 Å². The van der Waals surface area contributed by atoms with E-state index in [4.69, 9.17) is 0 Å². The average molecular weight is 250 g/mol. The molecule has 0 amide bonds. The number of aromatic nitrogens is 1. The molecule has 1 aromatic heterocycles. The molecular weight excluding hydrogens is 232 g/mol. The van der Waals surface area contributed by atoms with Gasteiger partial charge in [0.25, 0.3) is 5.69 Å². The Bertz CT molecular complexity index is 483. The smallest absolute Gasteiger partial charge is 0.278 e. The molecular formula is C13H18N2O3. The van der Waals surface area contributed by atoms with E-state index in [1.54, 1.807) is 13.8 Å². The van der Waals surface area contributed by atoms with Crippen molar-refractivity contribution in [2.45, 2.75) is 40.5 Å². The van der Waals surface area contributed by atoms with E-state index in [0.717, 1.165) is 0 Å². The van der Waals surface area contributed by atoms with Crippen LogP contribution in [0.5, 0.6) is 0 Å². The molecule has 5 heteroatoms. The van der Waals surface area contributed by atoms with Crippen molar-refractivity contribution in [1.29, 1.82) is 0 Å². The molecule has 0 fully saturated rings. The number of ketones is 1. The van der Waals surface area contributed by atoms with Crippen LogP contribution >= 0.6 is 0 Å². The van der Waals surface area contributed by atoms with Crippen molar-refractivity contribution in [1.82, 2.24) is 4.98 Å². The Labute approximate surface area is 106 Å². The van der Waals surface area contributed by atoms with E-state index >= 15 is 0 Å². The van der Waals surface area contributed by atoms with Gasteiger partial charge in [0, 0.05) is 29.7 Å². The Hall–Kier alpha value is -1.78. The minimum Gasteiger partial charge on any atom is -0.299 e. The van der Waals surface area contributed by atoms with Crippen LogP contribution in [-0.2, 0) is 11.2 Å². The topological polar surface area (TPSA) is 73.1 Å². The SMILES string of the molecule is CCC(=O)C(C)Cc1ncc(C)c([N+](=O)[O-])c1C. The van der Waals surface area contributed by atoms with Gasteiger partial charge in [-0.15, -0.1) is 0 Å². The third-order valence-electron chi connectivity index (χ3n) is 3.16. The number of rotatable bonds is 5. The molecule has 98 valence electrons. The second-order valence-electron chi connectivity index (χ2n) is 4.54. The minimum absolute atomic E-state index is 0.108. The minimum atomic E-state index is -0.387. The van der Waals surface area contributed by atoms with Crippen LogP contribution in [0.25, 0.3) is 0 Å². The molecule has 1 atom stereocenters. The van der Waals surface area contributed by atoms with E-state index in [9.17, 15) is 14.9 Å². The second-order valence-corrected chi connectivity index (χ2v) is 4.54. The number of carbonyl (C=O) groups excluding carboxylic acids is 1. The maximum absolute atomic E-state index is 11.6. The maximum Gasteiger partial charge on any atom is 0.278 e. The van der Waals surface area contributed by atoms with Crippen molar-refractivity contribution in [2.24, 2.45) is 5.92 Å². The Morgan fingerprint density at radius 2 is 2.11 bits per heavy atom. The van der Waals surface area contributed by atoms with Gasteiger partial charge in [-0.05, 0) is 20.3 Å². The number of aryl methyl sites for hydroxylation is 1. The molecule has 1 unspecified atom stereocenters. The molecule has 0 spiro atoms. The van der Waals surface area contributed by atoms with E-state index in [1.807, 2.05) is 13.8 Å². The second kappa shape index (κ2) is 5.71. The Morgan fingerprint density at radius 1 is 1.50 bits per heavy atom. The number of hydrogen-bond donors (Lipinski definition) is 0. The van der Waals surface area contributed by atoms with Gasteiger partial charge < -0.3 is 0 Å². The first kappa shape index (κ1) is 14.3. The number of nitro groups is 1. The third-order valence-corrected chi connectivity index (χ3v) is 3.16. The highest BCUT2D eigenvalue weighted by atomic mass is 16.6. The third kappa shape index (κ3) is 2.91. The Morgan fingerprint density at radius 3 is 2.61 bits per heavy atom. The number of Topliss-reactive ketones (excluding diaryl/α,β-unsaturated/α-hetero) is 1. The predicted molar refractivity (Wildman–Crippen MR) is 68.5 cm³/mol. The summed E-state index contributed by atoms with van der Waals surface area (Å²) in [6, 6.07) is 0. The molecule has 1 heterocycles. The standard InChI is InChI=1S/C13H18N2O3/c1-5-12(16)8(2)6-11-10(4)13(15(17)18)9(3)7-14-11/h7-8H,5-6H2,1-4H3. The van der Waals surface area contributed by atoms with Crippen molar-refractivity contribution in [3.8, 4) is 0 Å². The van der Waals surface area contributed by atoms with E-state index in [-0.39, 0.29) is 22.3 Å². The molecule has 0 saturated heterocycles. The van der Waals surface area contributed by atoms with Gasteiger partial charge in [-0.2, -0.15) is 0 Å². The van der Waals surface area contributed by atoms with Gasteiger partial charge in [0.15, 0.2) is 0 Å². The summed E-state index contributed by atoms with van der Waals surface area (Å²) < 4.78 is 0. The molecule has 0 aromatic carbocycles. The van der Waals surface area contributed by atoms with Gasteiger partial charge in [0.05, 0.1) is 10.6 Å². The van der Waals surface area contributed by atoms with E-state index in [0.29, 0.717) is 29.7 Å². The van der Waals surface area contributed by atoms with Crippen LogP contribution in [0, 0.1) is 29.9 Å². The molecule has 0 radical (unpaired) electrons. The zero-order valence-corrected chi connectivity index (χ0v) is 11.2. The zero-order chi connectivity index (χ0) is 13.9. The van der Waals surface area contributed by atoms with E-state index in [2.05, 4.69) is 4.98 Å². The first-order valence-electron chi connectivity index (χ1n) is 6.00. The lowest BCUT2D eigenvalue weighted by Gasteiger charge is -2.11. The summed E-state index contributed by atoms with van der Waals surface area (Å²) >= 11 is 0. The highest BCUT2D eigenvalue weighted by Crippen LogP contribution is 2.25. The fourth-order valence-electron chi connectivity index (χ4n) is 2.00. The molecule has 0 N–H and O–H groups in total. The number of hydrogen-bond acceptors (Lipinski definition) is 4. The fourth-order valence-corrected chi connectivity index (χ4v) is 2.00. The summed E-state index contributed by atoms with van der Waals surface area (Å²) in [7, 11) is 0. The molecule has 1 aromatic rings. The molecule has 1 rings (SSSR count). The highest BCUT2D eigenvalue weighted by Gasteiger charge is 2.21. The fraction of sp³-hybridized carbons (Fsp3) is 0.538. The largest absolute Gasteiger partial charge is 0.299 e. The summed E-state index contributed by atoms with van der Waals surface area (Å²) in [5.74, 6) is 0.00272. The van der Waals surface area contributed by atoms with Gasteiger partial charge >= 0.3 is 0 Å². The normalized spacial score (nSPS) is 12.2. The van der Waals surface area contributed by atoms with Crippen molar-refractivity contribution in [3.05, 3.63) is 33.1 Å². The molecule has 0 aliphatic rings. The van der Waals surface area contributed by atoms with Gasteiger partial charge in [-0.25, -0.2) is 0 Å². The summed E-state index contributed by atoms with van der Waals surface area (Å²) in [6.07, 6.45) is 2.44. The summed E-state index contributed by atoms with van der Waals surface area (Å²) in [4.78, 5) is 26.4. The van der Waals surface area contributed by atoms with Crippen LogP contribution in [0.3, 0.4) is 0 Å². The number of carbonyl (C=O) groups is 1. The van der Waals surface area contributed by atoms with Gasteiger partial charge in [-0.3, -0.25) is 19.9 Å². The Balaban J connectivity index is 3.08. The molecule has 0 aliphatic heterocycles. The maximum atomic E-state index is 11.6. The number of nitrogens with zero attached hydrogens (tertiary/aromatic N) is 2. The molecule has 0 aliphatic carbocycles. The summed E-state index contributed by atoms with van der Waals surface area (Å²) in [5.41, 5.74) is 1.87. The van der Waals surface area contributed by atoms with Crippen LogP contribution in [0.2, 0.25) is 0 Å². The summed E-state index contributed by atoms with van der Waals surface area (Å²) in [6.45, 7) is 7.01. The van der Waals surface area contributed by atoms with Crippen LogP contribution in [0.4, 0.5) is 5.69 Å². The zero-order valence-electron chi connectivity index (χ0n) is 11.2. The van der Waals surface area contributed by atoms with Crippen LogP contribution < -0.4 is 0 Å². The average Bonchev–Trinajstić information content (AvgIpc) is 2.31. The molecule has 5 nitrogen and oxygen atoms in total. The van der Waals surface area contributed by atoms with Gasteiger partial charge in [-0.1, -0.05) is 13.8 Å². The highest BCUT2D eigenvalue weighted by molar-refractivity contribution is 5.80. The van der Waals surface area contributed by atoms with Gasteiger partial charge in [0.1, 0.15) is 5.78 Å². The Kier molecular flexibility index (Phi) is 4.53. The van der Waals surface area contributed by atoms with Crippen LogP contribution in [0.1, 0.15) is 37.1 Å².